The third-order valence-corrected chi connectivity index (χ3v) is 3.13. The van der Waals surface area contributed by atoms with Gasteiger partial charge in [-0.05, 0) is 18.6 Å². The van der Waals surface area contributed by atoms with E-state index in [4.69, 9.17) is 28.9 Å². The van der Waals surface area contributed by atoms with Crippen LogP contribution >= 0.6 is 23.2 Å². The third-order valence-electron chi connectivity index (χ3n) is 2.50. The maximum Gasteiger partial charge on any atom is 0.228 e. The Kier molecular flexibility index (Phi) is 5.75. The standard InChI is InChI=1S/C12H16Cl2N2O/c1-2-4-8(7-15)12(17)16-11-9(13)5-3-6-10(11)14/h3,5-6,8H,2,4,7,15H2,1H3,(H,16,17). The number of halogens is 2. The summed E-state index contributed by atoms with van der Waals surface area (Å²) in [5, 5.41) is 3.59. The van der Waals surface area contributed by atoms with Crippen molar-refractivity contribution >= 4 is 34.8 Å². The molecule has 3 N–H and O–H groups in total. The normalized spacial score (nSPS) is 12.2. The monoisotopic (exact) mass is 274 g/mol. The molecular weight excluding hydrogens is 259 g/mol. The Morgan fingerprint density at radius 2 is 2.00 bits per heavy atom. The van der Waals surface area contributed by atoms with Crippen molar-refractivity contribution < 1.29 is 4.79 Å². The summed E-state index contributed by atoms with van der Waals surface area (Å²) in [6.07, 6.45) is 1.66. The first-order valence-corrected chi connectivity index (χ1v) is 6.30. The highest BCUT2D eigenvalue weighted by atomic mass is 35.5. The van der Waals surface area contributed by atoms with Crippen LogP contribution in [-0.2, 0) is 4.79 Å². The second-order valence-electron chi connectivity index (χ2n) is 3.81. The first-order chi connectivity index (χ1) is 8.10. The molecule has 0 fully saturated rings. The highest BCUT2D eigenvalue weighted by Gasteiger charge is 2.17. The van der Waals surface area contributed by atoms with Crippen molar-refractivity contribution in [1.82, 2.24) is 0 Å². The van der Waals surface area contributed by atoms with E-state index in [0.717, 1.165) is 12.8 Å². The van der Waals surface area contributed by atoms with Gasteiger partial charge >= 0.3 is 0 Å². The van der Waals surface area contributed by atoms with Gasteiger partial charge in [-0.1, -0.05) is 42.6 Å². The van der Waals surface area contributed by atoms with Crippen LogP contribution in [0.15, 0.2) is 18.2 Å². The lowest BCUT2D eigenvalue weighted by molar-refractivity contribution is -0.119. The molecule has 0 bridgehead atoms. The van der Waals surface area contributed by atoms with Crippen molar-refractivity contribution in [3.8, 4) is 0 Å². The summed E-state index contributed by atoms with van der Waals surface area (Å²) in [6.45, 7) is 2.33. The maximum atomic E-state index is 11.9. The smallest absolute Gasteiger partial charge is 0.228 e. The van der Waals surface area contributed by atoms with Crippen LogP contribution in [0.5, 0.6) is 0 Å². The molecule has 0 saturated carbocycles. The molecule has 1 aromatic carbocycles. The van der Waals surface area contributed by atoms with Gasteiger partial charge in [0.15, 0.2) is 0 Å². The number of nitrogens with two attached hydrogens (primary N) is 1. The van der Waals surface area contributed by atoms with Gasteiger partial charge in [0.1, 0.15) is 0 Å². The van der Waals surface area contributed by atoms with E-state index in [1.54, 1.807) is 18.2 Å². The van der Waals surface area contributed by atoms with E-state index < -0.39 is 0 Å². The van der Waals surface area contributed by atoms with E-state index in [9.17, 15) is 4.79 Å². The lowest BCUT2D eigenvalue weighted by Crippen LogP contribution is -2.29. The summed E-state index contributed by atoms with van der Waals surface area (Å²) >= 11 is 11.9. The summed E-state index contributed by atoms with van der Waals surface area (Å²) in [4.78, 5) is 11.9. The number of nitrogens with one attached hydrogen (secondary N) is 1. The SMILES string of the molecule is CCCC(CN)C(=O)Nc1c(Cl)cccc1Cl. The topological polar surface area (TPSA) is 55.1 Å². The van der Waals surface area contributed by atoms with Gasteiger partial charge in [0.25, 0.3) is 0 Å². The van der Waals surface area contributed by atoms with Crippen LogP contribution in [-0.4, -0.2) is 12.5 Å². The van der Waals surface area contributed by atoms with Crippen LogP contribution in [0, 0.1) is 5.92 Å². The number of hydrogen-bond donors (Lipinski definition) is 2. The molecule has 1 aromatic rings. The predicted molar refractivity (Wildman–Crippen MR) is 72.5 cm³/mol. The molecule has 3 nitrogen and oxygen atoms in total. The van der Waals surface area contributed by atoms with E-state index in [-0.39, 0.29) is 11.8 Å². The molecule has 0 radical (unpaired) electrons. The summed E-state index contributed by atoms with van der Waals surface area (Å²) in [6, 6.07) is 5.09. The molecule has 0 heterocycles. The van der Waals surface area contributed by atoms with Crippen LogP contribution < -0.4 is 11.1 Å². The summed E-state index contributed by atoms with van der Waals surface area (Å²) in [5.41, 5.74) is 6.02. The zero-order valence-electron chi connectivity index (χ0n) is 9.67. The van der Waals surface area contributed by atoms with Crippen LogP contribution in [0.25, 0.3) is 0 Å². The lowest BCUT2D eigenvalue weighted by atomic mass is 10.0. The quantitative estimate of drug-likeness (QED) is 0.866. The first-order valence-electron chi connectivity index (χ1n) is 5.55. The van der Waals surface area contributed by atoms with Crippen molar-refractivity contribution in [1.29, 1.82) is 0 Å². The zero-order valence-corrected chi connectivity index (χ0v) is 11.2. The Bertz CT molecular complexity index is 376. The molecule has 17 heavy (non-hydrogen) atoms. The summed E-state index contributed by atoms with van der Waals surface area (Å²) in [7, 11) is 0. The second kappa shape index (κ2) is 6.84. The minimum absolute atomic E-state index is 0.135. The van der Waals surface area contributed by atoms with Gasteiger partial charge in [0.05, 0.1) is 21.7 Å². The average Bonchev–Trinajstić information content (AvgIpc) is 2.30. The number of carbonyl (C=O) groups excluding carboxylic acids is 1. The van der Waals surface area contributed by atoms with E-state index in [2.05, 4.69) is 5.32 Å². The zero-order chi connectivity index (χ0) is 12.8. The fourth-order valence-electron chi connectivity index (χ4n) is 1.55. The van der Waals surface area contributed by atoms with Crippen molar-refractivity contribution in [2.75, 3.05) is 11.9 Å². The van der Waals surface area contributed by atoms with Crippen LogP contribution in [0.2, 0.25) is 10.0 Å². The van der Waals surface area contributed by atoms with E-state index in [1.807, 2.05) is 6.92 Å². The largest absolute Gasteiger partial charge is 0.330 e. The number of amides is 1. The Labute approximate surface area is 111 Å². The lowest BCUT2D eigenvalue weighted by Gasteiger charge is -2.15. The molecule has 1 unspecified atom stereocenters. The number of para-hydroxylation sites is 1. The van der Waals surface area contributed by atoms with Crippen LogP contribution in [0.3, 0.4) is 0 Å². The van der Waals surface area contributed by atoms with Crippen LogP contribution in [0.1, 0.15) is 19.8 Å². The number of hydrogen-bond acceptors (Lipinski definition) is 2. The number of anilines is 1. The molecule has 0 aliphatic rings. The fourth-order valence-corrected chi connectivity index (χ4v) is 2.04. The highest BCUT2D eigenvalue weighted by molar-refractivity contribution is 6.39. The van der Waals surface area contributed by atoms with Gasteiger partial charge in [0, 0.05) is 6.54 Å². The summed E-state index contributed by atoms with van der Waals surface area (Å²) < 4.78 is 0. The minimum Gasteiger partial charge on any atom is -0.330 e. The molecule has 1 rings (SSSR count). The number of benzene rings is 1. The molecule has 0 aliphatic heterocycles. The molecule has 0 aliphatic carbocycles. The Morgan fingerprint density at radius 1 is 1.41 bits per heavy atom. The predicted octanol–water partition coefficient (Wildman–Crippen LogP) is 3.31. The van der Waals surface area contributed by atoms with Gasteiger partial charge in [-0.25, -0.2) is 0 Å². The molecule has 1 atom stereocenters. The van der Waals surface area contributed by atoms with Crippen molar-refractivity contribution in [3.63, 3.8) is 0 Å². The van der Waals surface area contributed by atoms with Gasteiger partial charge in [-0.15, -0.1) is 0 Å². The van der Waals surface area contributed by atoms with Gasteiger partial charge in [-0.3, -0.25) is 4.79 Å². The minimum atomic E-state index is -0.202. The molecule has 0 saturated heterocycles. The van der Waals surface area contributed by atoms with Gasteiger partial charge in [-0.2, -0.15) is 0 Å². The second-order valence-corrected chi connectivity index (χ2v) is 4.62. The molecule has 0 spiro atoms. The first kappa shape index (κ1) is 14.3. The molecule has 0 aromatic heterocycles. The third kappa shape index (κ3) is 3.87. The molecular formula is C12H16Cl2N2O. The van der Waals surface area contributed by atoms with Gasteiger partial charge < -0.3 is 11.1 Å². The molecule has 94 valence electrons. The highest BCUT2D eigenvalue weighted by Crippen LogP contribution is 2.30. The van der Waals surface area contributed by atoms with Crippen LogP contribution in [0.4, 0.5) is 5.69 Å². The number of rotatable bonds is 5. The Hall–Kier alpha value is -0.770. The van der Waals surface area contributed by atoms with Gasteiger partial charge in [0.2, 0.25) is 5.91 Å². The van der Waals surface area contributed by atoms with E-state index in [0.29, 0.717) is 22.3 Å². The Balaban J connectivity index is 2.80. The van der Waals surface area contributed by atoms with Crippen molar-refractivity contribution in [2.45, 2.75) is 19.8 Å². The van der Waals surface area contributed by atoms with E-state index >= 15 is 0 Å². The molecule has 5 heteroatoms. The Morgan fingerprint density at radius 3 is 2.47 bits per heavy atom. The average molecular weight is 275 g/mol. The summed E-state index contributed by atoms with van der Waals surface area (Å²) in [5.74, 6) is -0.336. The maximum absolute atomic E-state index is 11.9. The number of carbonyl (C=O) groups is 1. The fraction of sp³-hybridized carbons (Fsp3) is 0.417. The van der Waals surface area contributed by atoms with E-state index in [1.165, 1.54) is 0 Å². The van der Waals surface area contributed by atoms with Crippen molar-refractivity contribution in [3.05, 3.63) is 28.2 Å². The van der Waals surface area contributed by atoms with Crippen molar-refractivity contribution in [2.24, 2.45) is 11.7 Å². The molecule has 1 amide bonds.